The van der Waals surface area contributed by atoms with Crippen LogP contribution in [0.1, 0.15) is 44.6 Å². The Morgan fingerprint density at radius 2 is 1.81 bits per heavy atom. The molecular formula is C16H22N2O3. The van der Waals surface area contributed by atoms with Crippen LogP contribution in [-0.2, 0) is 11.2 Å². The molecular weight excluding hydrogens is 268 g/mol. The highest BCUT2D eigenvalue weighted by Crippen LogP contribution is 2.28. The van der Waals surface area contributed by atoms with E-state index in [1.165, 1.54) is 0 Å². The lowest BCUT2D eigenvalue weighted by atomic mass is 10.0. The van der Waals surface area contributed by atoms with E-state index in [-0.39, 0.29) is 18.0 Å². The number of hydrogen-bond acceptors (Lipinski definition) is 2. The van der Waals surface area contributed by atoms with Crippen LogP contribution in [-0.4, -0.2) is 22.6 Å². The van der Waals surface area contributed by atoms with E-state index in [9.17, 15) is 9.59 Å². The number of carbonyl (C=O) groups excluding carboxylic acids is 1. The number of urea groups is 1. The molecule has 5 nitrogen and oxygen atoms in total. The Labute approximate surface area is 124 Å². The second kappa shape index (κ2) is 6.61. The summed E-state index contributed by atoms with van der Waals surface area (Å²) in [6, 6.07) is 7.10. The Bertz CT molecular complexity index is 505. The number of benzene rings is 1. The van der Waals surface area contributed by atoms with Crippen molar-refractivity contribution in [3.05, 3.63) is 29.8 Å². The highest BCUT2D eigenvalue weighted by Gasteiger charge is 2.29. The van der Waals surface area contributed by atoms with Gasteiger partial charge in [0.05, 0.1) is 0 Å². The minimum Gasteiger partial charge on any atom is -0.481 e. The summed E-state index contributed by atoms with van der Waals surface area (Å²) in [6.45, 7) is 2.08. The van der Waals surface area contributed by atoms with Gasteiger partial charge in [-0.25, -0.2) is 4.79 Å². The molecule has 0 saturated heterocycles. The summed E-state index contributed by atoms with van der Waals surface area (Å²) < 4.78 is 0. The maximum absolute atomic E-state index is 12.0. The van der Waals surface area contributed by atoms with Crippen LogP contribution < -0.4 is 10.6 Å². The van der Waals surface area contributed by atoms with Gasteiger partial charge in [-0.2, -0.15) is 0 Å². The topological polar surface area (TPSA) is 78.4 Å². The van der Waals surface area contributed by atoms with Gasteiger partial charge in [0, 0.05) is 17.6 Å². The molecule has 0 spiro atoms. The molecule has 3 N–H and O–H groups in total. The van der Waals surface area contributed by atoms with Crippen LogP contribution in [0.15, 0.2) is 24.3 Å². The predicted octanol–water partition coefficient (Wildman–Crippen LogP) is 3.16. The lowest BCUT2D eigenvalue weighted by Gasteiger charge is -2.25. The number of aliphatic carboxylic acids is 1. The molecule has 1 aromatic rings. The molecule has 2 amide bonds. The average molecular weight is 290 g/mol. The molecule has 0 bridgehead atoms. The van der Waals surface area contributed by atoms with Gasteiger partial charge in [0.2, 0.25) is 0 Å². The van der Waals surface area contributed by atoms with Gasteiger partial charge in [0.1, 0.15) is 0 Å². The summed E-state index contributed by atoms with van der Waals surface area (Å²) in [5, 5.41) is 14.5. The van der Waals surface area contributed by atoms with Crippen LogP contribution >= 0.6 is 0 Å². The number of carboxylic acid groups (broad SMARTS) is 1. The first-order valence-corrected chi connectivity index (χ1v) is 7.37. The van der Waals surface area contributed by atoms with Gasteiger partial charge in [-0.15, -0.1) is 0 Å². The molecule has 1 aliphatic carbocycles. The number of amides is 2. The van der Waals surface area contributed by atoms with Crippen LogP contribution in [0.2, 0.25) is 0 Å². The SMILES string of the molecule is CC1(NC(=O)Nc2ccc(CCC(=O)O)cc2)CCCC1. The standard InChI is InChI=1S/C16H22N2O3/c1-16(10-2-3-11-16)18-15(21)17-13-7-4-12(5-8-13)6-9-14(19)20/h4-5,7-8H,2-3,6,9-11H2,1H3,(H,19,20)(H2,17,18,21). The summed E-state index contributed by atoms with van der Waals surface area (Å²) in [5.41, 5.74) is 1.57. The zero-order valence-electron chi connectivity index (χ0n) is 12.3. The second-order valence-corrected chi connectivity index (χ2v) is 5.94. The maximum Gasteiger partial charge on any atom is 0.319 e. The van der Waals surface area contributed by atoms with Crippen molar-refractivity contribution >= 4 is 17.7 Å². The Balaban J connectivity index is 1.85. The first-order chi connectivity index (χ1) is 9.97. The molecule has 114 valence electrons. The van der Waals surface area contributed by atoms with Crippen molar-refractivity contribution in [3.63, 3.8) is 0 Å². The van der Waals surface area contributed by atoms with Crippen molar-refractivity contribution in [2.75, 3.05) is 5.32 Å². The molecule has 5 heteroatoms. The van der Waals surface area contributed by atoms with Crippen molar-refractivity contribution < 1.29 is 14.7 Å². The van der Waals surface area contributed by atoms with E-state index in [1.54, 1.807) is 12.1 Å². The molecule has 0 heterocycles. The monoisotopic (exact) mass is 290 g/mol. The third kappa shape index (κ3) is 4.77. The summed E-state index contributed by atoms with van der Waals surface area (Å²) in [6.07, 6.45) is 4.98. The van der Waals surface area contributed by atoms with Gasteiger partial charge >= 0.3 is 12.0 Å². The lowest BCUT2D eigenvalue weighted by Crippen LogP contribution is -2.45. The molecule has 1 aromatic carbocycles. The quantitative estimate of drug-likeness (QED) is 0.779. The fourth-order valence-electron chi connectivity index (χ4n) is 2.72. The van der Waals surface area contributed by atoms with Crippen molar-refractivity contribution in [1.29, 1.82) is 0 Å². The third-order valence-corrected chi connectivity index (χ3v) is 3.96. The van der Waals surface area contributed by atoms with Crippen LogP contribution in [0.3, 0.4) is 0 Å². The van der Waals surface area contributed by atoms with Crippen LogP contribution in [0, 0.1) is 0 Å². The summed E-state index contributed by atoms with van der Waals surface area (Å²) in [5.74, 6) is -0.804. The number of carbonyl (C=O) groups is 2. The number of aryl methyl sites for hydroxylation is 1. The maximum atomic E-state index is 12.0. The Morgan fingerprint density at radius 3 is 2.38 bits per heavy atom. The molecule has 0 aliphatic heterocycles. The smallest absolute Gasteiger partial charge is 0.319 e. The second-order valence-electron chi connectivity index (χ2n) is 5.94. The highest BCUT2D eigenvalue weighted by molar-refractivity contribution is 5.89. The Morgan fingerprint density at radius 1 is 1.19 bits per heavy atom. The van der Waals surface area contributed by atoms with E-state index in [4.69, 9.17) is 5.11 Å². The molecule has 1 fully saturated rings. The molecule has 1 aliphatic rings. The lowest BCUT2D eigenvalue weighted by molar-refractivity contribution is -0.136. The molecule has 0 atom stereocenters. The number of carboxylic acids is 1. The van der Waals surface area contributed by atoms with Crippen LogP contribution in [0.4, 0.5) is 10.5 Å². The zero-order valence-corrected chi connectivity index (χ0v) is 12.3. The third-order valence-electron chi connectivity index (χ3n) is 3.96. The normalized spacial score (nSPS) is 16.4. The molecule has 21 heavy (non-hydrogen) atoms. The fourth-order valence-corrected chi connectivity index (χ4v) is 2.72. The van der Waals surface area contributed by atoms with Crippen molar-refractivity contribution in [2.24, 2.45) is 0 Å². The van der Waals surface area contributed by atoms with Crippen molar-refractivity contribution in [3.8, 4) is 0 Å². The Kier molecular flexibility index (Phi) is 4.83. The molecule has 2 rings (SSSR count). The van der Waals surface area contributed by atoms with Gasteiger partial charge in [0.25, 0.3) is 0 Å². The largest absolute Gasteiger partial charge is 0.481 e. The summed E-state index contributed by atoms with van der Waals surface area (Å²) >= 11 is 0. The highest BCUT2D eigenvalue weighted by atomic mass is 16.4. The average Bonchev–Trinajstić information content (AvgIpc) is 2.84. The summed E-state index contributed by atoms with van der Waals surface area (Å²) in [7, 11) is 0. The van der Waals surface area contributed by atoms with Gasteiger partial charge in [-0.3, -0.25) is 4.79 Å². The number of rotatable bonds is 5. The fraction of sp³-hybridized carbons (Fsp3) is 0.500. The van der Waals surface area contributed by atoms with Crippen molar-refractivity contribution in [2.45, 2.75) is 51.0 Å². The molecule has 0 radical (unpaired) electrons. The van der Waals surface area contributed by atoms with Crippen molar-refractivity contribution in [1.82, 2.24) is 5.32 Å². The van der Waals surface area contributed by atoms with Gasteiger partial charge in [-0.1, -0.05) is 25.0 Å². The van der Waals surface area contributed by atoms with E-state index in [0.717, 1.165) is 31.2 Å². The van der Waals surface area contributed by atoms with Gasteiger partial charge < -0.3 is 15.7 Å². The molecule has 0 aromatic heterocycles. The minimum atomic E-state index is -0.804. The molecule has 0 unspecified atom stereocenters. The van der Waals surface area contributed by atoms with E-state index in [1.807, 2.05) is 12.1 Å². The van der Waals surface area contributed by atoms with E-state index < -0.39 is 5.97 Å². The van der Waals surface area contributed by atoms with Gasteiger partial charge in [-0.05, 0) is 43.9 Å². The van der Waals surface area contributed by atoms with E-state index in [2.05, 4.69) is 17.6 Å². The minimum absolute atomic E-state index is 0.0918. The first-order valence-electron chi connectivity index (χ1n) is 7.37. The zero-order chi connectivity index (χ0) is 15.3. The Hall–Kier alpha value is -2.04. The predicted molar refractivity (Wildman–Crippen MR) is 81.4 cm³/mol. The molecule has 1 saturated carbocycles. The van der Waals surface area contributed by atoms with Crippen LogP contribution in [0.25, 0.3) is 0 Å². The first kappa shape index (κ1) is 15.4. The van der Waals surface area contributed by atoms with Crippen LogP contribution in [0.5, 0.6) is 0 Å². The van der Waals surface area contributed by atoms with Gasteiger partial charge in [0.15, 0.2) is 0 Å². The van der Waals surface area contributed by atoms with E-state index >= 15 is 0 Å². The number of hydrogen-bond donors (Lipinski definition) is 3. The van der Waals surface area contributed by atoms with E-state index in [0.29, 0.717) is 12.1 Å². The number of anilines is 1. The summed E-state index contributed by atoms with van der Waals surface area (Å²) in [4.78, 5) is 22.5. The number of nitrogens with one attached hydrogen (secondary N) is 2.